The molecule has 1 unspecified atom stereocenters. The van der Waals surface area contributed by atoms with E-state index in [1.165, 1.54) is 44.9 Å². The molecule has 116 valence electrons. The fourth-order valence-electron chi connectivity index (χ4n) is 4.12. The van der Waals surface area contributed by atoms with Crippen LogP contribution < -0.4 is 0 Å². The van der Waals surface area contributed by atoms with Crippen LogP contribution in [-0.4, -0.2) is 28.0 Å². The van der Waals surface area contributed by atoms with Gasteiger partial charge < -0.3 is 9.47 Å². The molecule has 0 bridgehead atoms. The van der Waals surface area contributed by atoms with Crippen LogP contribution in [0.2, 0.25) is 0 Å². The number of carbonyl (C=O) groups excluding carboxylic acids is 1. The molecule has 1 atom stereocenters. The van der Waals surface area contributed by atoms with Crippen LogP contribution in [0.5, 0.6) is 0 Å². The third-order valence-corrected chi connectivity index (χ3v) is 5.61. The lowest BCUT2D eigenvalue weighted by Gasteiger charge is -2.34. The Bertz CT molecular complexity index is 505. The van der Waals surface area contributed by atoms with E-state index in [1.807, 2.05) is 12.3 Å². The lowest BCUT2D eigenvalue weighted by atomic mass is 9.83. The largest absolute Gasteiger partial charge is 0.343 e. The summed E-state index contributed by atoms with van der Waals surface area (Å²) < 4.78 is 3.06. The fraction of sp³-hybridized carbons (Fsp3) is 0.706. The Balaban J connectivity index is 1.79. The summed E-state index contributed by atoms with van der Waals surface area (Å²) in [5.74, 6) is 0.967. The summed E-state index contributed by atoms with van der Waals surface area (Å²) in [6, 6.07) is 2.46. The van der Waals surface area contributed by atoms with Crippen LogP contribution in [0.15, 0.2) is 16.7 Å². The van der Waals surface area contributed by atoms with Gasteiger partial charge in [0, 0.05) is 29.8 Å². The van der Waals surface area contributed by atoms with Crippen LogP contribution in [0.4, 0.5) is 0 Å². The first kappa shape index (κ1) is 15.1. The number of hydrogen-bond donors (Lipinski definition) is 0. The predicted octanol–water partition coefficient (Wildman–Crippen LogP) is 4.46. The highest BCUT2D eigenvalue weighted by atomic mass is 79.9. The van der Waals surface area contributed by atoms with Gasteiger partial charge >= 0.3 is 0 Å². The third kappa shape index (κ3) is 3.05. The first-order valence-corrected chi connectivity index (χ1v) is 9.16. The van der Waals surface area contributed by atoms with Gasteiger partial charge in [-0.05, 0) is 60.5 Å². The molecule has 1 saturated heterocycles. The van der Waals surface area contributed by atoms with Gasteiger partial charge in [0.1, 0.15) is 5.69 Å². The molecule has 2 fully saturated rings. The van der Waals surface area contributed by atoms with E-state index in [9.17, 15) is 4.79 Å². The molecule has 3 nitrogen and oxygen atoms in total. The van der Waals surface area contributed by atoms with Crippen molar-refractivity contribution < 1.29 is 4.79 Å². The first-order chi connectivity index (χ1) is 10.2. The van der Waals surface area contributed by atoms with E-state index in [2.05, 4.69) is 32.3 Å². The number of aryl methyl sites for hydroxylation is 1. The normalized spacial score (nSPS) is 23.7. The summed E-state index contributed by atoms with van der Waals surface area (Å²) >= 11 is 3.50. The standard InChI is InChI=1S/C17H25BrN2O/c1-2-19-12-14(18)11-16(19)17(21)20-10-6-9-15(20)13-7-4-3-5-8-13/h11-13,15H,2-10H2,1H3. The maximum Gasteiger partial charge on any atom is 0.270 e. The SMILES string of the molecule is CCn1cc(Br)cc1C(=O)N1CCCC1C1CCCCC1. The van der Waals surface area contributed by atoms with E-state index in [0.717, 1.165) is 29.2 Å². The number of aromatic nitrogens is 1. The number of likely N-dealkylation sites (tertiary alicyclic amines) is 1. The van der Waals surface area contributed by atoms with Gasteiger partial charge in [-0.15, -0.1) is 0 Å². The molecule has 1 aromatic rings. The van der Waals surface area contributed by atoms with Crippen LogP contribution in [0, 0.1) is 5.92 Å². The summed E-state index contributed by atoms with van der Waals surface area (Å²) in [4.78, 5) is 15.1. The molecule has 21 heavy (non-hydrogen) atoms. The minimum atomic E-state index is 0.232. The number of carbonyl (C=O) groups is 1. The van der Waals surface area contributed by atoms with Gasteiger partial charge in [0.05, 0.1) is 0 Å². The molecular formula is C17H25BrN2O. The summed E-state index contributed by atoms with van der Waals surface area (Å²) in [5, 5.41) is 0. The van der Waals surface area contributed by atoms with Crippen molar-refractivity contribution in [1.29, 1.82) is 0 Å². The Kier molecular flexibility index (Phi) is 4.72. The Labute approximate surface area is 135 Å². The topological polar surface area (TPSA) is 25.2 Å². The van der Waals surface area contributed by atoms with Crippen molar-refractivity contribution in [1.82, 2.24) is 9.47 Å². The van der Waals surface area contributed by atoms with E-state index in [4.69, 9.17) is 0 Å². The van der Waals surface area contributed by atoms with Gasteiger partial charge in [-0.2, -0.15) is 0 Å². The van der Waals surface area contributed by atoms with Crippen LogP contribution in [0.25, 0.3) is 0 Å². The van der Waals surface area contributed by atoms with Gasteiger partial charge in [0.15, 0.2) is 0 Å². The molecule has 2 aliphatic rings. The smallest absolute Gasteiger partial charge is 0.270 e. The van der Waals surface area contributed by atoms with E-state index < -0.39 is 0 Å². The van der Waals surface area contributed by atoms with Crippen LogP contribution >= 0.6 is 15.9 Å². The Morgan fingerprint density at radius 2 is 2.00 bits per heavy atom. The minimum Gasteiger partial charge on any atom is -0.343 e. The molecule has 1 aliphatic carbocycles. The van der Waals surface area contributed by atoms with Crippen molar-refractivity contribution in [2.24, 2.45) is 5.92 Å². The molecule has 3 rings (SSSR count). The summed E-state index contributed by atoms with van der Waals surface area (Å²) in [5.41, 5.74) is 0.840. The summed E-state index contributed by atoms with van der Waals surface area (Å²) in [6.45, 7) is 3.87. The fourth-order valence-corrected chi connectivity index (χ4v) is 4.58. The van der Waals surface area contributed by atoms with Crippen LogP contribution in [0.3, 0.4) is 0 Å². The van der Waals surface area contributed by atoms with Crippen molar-refractivity contribution >= 4 is 21.8 Å². The number of halogens is 1. The quantitative estimate of drug-likeness (QED) is 0.788. The Morgan fingerprint density at radius 1 is 1.24 bits per heavy atom. The summed E-state index contributed by atoms with van der Waals surface area (Å²) in [6.07, 6.45) is 11.1. The highest BCUT2D eigenvalue weighted by Crippen LogP contribution is 2.35. The molecule has 4 heteroatoms. The molecule has 0 spiro atoms. The zero-order valence-corrected chi connectivity index (χ0v) is 14.4. The zero-order valence-electron chi connectivity index (χ0n) is 12.9. The van der Waals surface area contributed by atoms with Crippen molar-refractivity contribution in [3.63, 3.8) is 0 Å². The second kappa shape index (κ2) is 6.55. The second-order valence-corrected chi connectivity index (χ2v) is 7.35. The highest BCUT2D eigenvalue weighted by molar-refractivity contribution is 9.10. The average molecular weight is 353 g/mol. The van der Waals surface area contributed by atoms with Gasteiger partial charge in [0.2, 0.25) is 0 Å². The van der Waals surface area contributed by atoms with Gasteiger partial charge in [0.25, 0.3) is 5.91 Å². The van der Waals surface area contributed by atoms with E-state index in [1.54, 1.807) is 0 Å². The van der Waals surface area contributed by atoms with Gasteiger partial charge in [-0.1, -0.05) is 19.3 Å². The van der Waals surface area contributed by atoms with E-state index in [-0.39, 0.29) is 5.91 Å². The van der Waals surface area contributed by atoms with Crippen LogP contribution in [-0.2, 0) is 6.54 Å². The lowest BCUT2D eigenvalue weighted by molar-refractivity contribution is 0.0651. The molecule has 0 N–H and O–H groups in total. The molecule has 1 amide bonds. The maximum absolute atomic E-state index is 13.0. The molecular weight excluding hydrogens is 328 g/mol. The number of rotatable bonds is 3. The number of amides is 1. The Morgan fingerprint density at radius 3 is 2.71 bits per heavy atom. The molecule has 1 aliphatic heterocycles. The molecule has 2 heterocycles. The van der Waals surface area contributed by atoms with Crippen molar-refractivity contribution in [2.75, 3.05) is 6.54 Å². The van der Waals surface area contributed by atoms with Crippen LogP contribution in [0.1, 0.15) is 62.4 Å². The molecule has 1 saturated carbocycles. The predicted molar refractivity (Wildman–Crippen MR) is 88.4 cm³/mol. The molecule has 0 radical (unpaired) electrons. The van der Waals surface area contributed by atoms with Gasteiger partial charge in [-0.3, -0.25) is 4.79 Å². The van der Waals surface area contributed by atoms with Crippen molar-refractivity contribution in [3.8, 4) is 0 Å². The first-order valence-electron chi connectivity index (χ1n) is 8.37. The highest BCUT2D eigenvalue weighted by Gasteiger charge is 2.36. The molecule has 0 aromatic carbocycles. The number of nitrogens with zero attached hydrogens (tertiary/aromatic N) is 2. The van der Waals surface area contributed by atoms with Crippen molar-refractivity contribution in [3.05, 3.63) is 22.4 Å². The zero-order chi connectivity index (χ0) is 14.8. The third-order valence-electron chi connectivity index (χ3n) is 5.18. The second-order valence-electron chi connectivity index (χ2n) is 6.44. The van der Waals surface area contributed by atoms with E-state index >= 15 is 0 Å². The Hall–Kier alpha value is -0.770. The molecule has 1 aromatic heterocycles. The summed E-state index contributed by atoms with van der Waals surface area (Å²) in [7, 11) is 0. The number of hydrogen-bond acceptors (Lipinski definition) is 1. The average Bonchev–Trinajstić information content (AvgIpc) is 3.13. The lowest BCUT2D eigenvalue weighted by Crippen LogP contribution is -2.41. The van der Waals surface area contributed by atoms with Gasteiger partial charge in [-0.25, -0.2) is 0 Å². The monoisotopic (exact) mass is 352 g/mol. The minimum absolute atomic E-state index is 0.232. The van der Waals surface area contributed by atoms with Crippen molar-refractivity contribution in [2.45, 2.75) is 64.5 Å². The maximum atomic E-state index is 13.0. The van der Waals surface area contributed by atoms with E-state index in [0.29, 0.717) is 6.04 Å².